The Hall–Kier alpha value is -1.22. The average Bonchev–Trinajstić information content (AvgIpc) is 2.94. The average molecular weight is 260 g/mol. The van der Waals surface area contributed by atoms with Crippen molar-refractivity contribution < 1.29 is 4.74 Å². The Labute approximate surface area is 115 Å². The van der Waals surface area contributed by atoms with Gasteiger partial charge in [-0.1, -0.05) is 13.0 Å². The van der Waals surface area contributed by atoms with Gasteiger partial charge in [0.2, 0.25) is 0 Å². The second kappa shape index (κ2) is 5.83. The largest absolute Gasteiger partial charge is 0.493 e. The summed E-state index contributed by atoms with van der Waals surface area (Å²) in [6.07, 6.45) is 3.65. The summed E-state index contributed by atoms with van der Waals surface area (Å²) in [5.74, 6) is 1.83. The summed E-state index contributed by atoms with van der Waals surface area (Å²) < 4.78 is 6.10. The van der Waals surface area contributed by atoms with Crippen molar-refractivity contribution in [2.75, 3.05) is 38.1 Å². The van der Waals surface area contributed by atoms with E-state index in [1.165, 1.54) is 43.7 Å². The molecule has 0 spiro atoms. The zero-order valence-corrected chi connectivity index (χ0v) is 11.8. The molecule has 0 unspecified atom stereocenters. The molecule has 1 aromatic rings. The van der Waals surface area contributed by atoms with Gasteiger partial charge in [-0.2, -0.15) is 0 Å². The molecule has 3 nitrogen and oxygen atoms in total. The molecular formula is C16H24N2O. The Morgan fingerprint density at radius 3 is 2.95 bits per heavy atom. The smallest absolute Gasteiger partial charge is 0.124 e. The van der Waals surface area contributed by atoms with Crippen LogP contribution in [0, 0.1) is 5.92 Å². The van der Waals surface area contributed by atoms with Crippen molar-refractivity contribution in [3.05, 3.63) is 23.8 Å². The molecule has 2 aliphatic heterocycles. The standard InChI is InChI=1S/C16H24N2O/c1-2-18-10-7-13(8-11-18)12-19-16-5-3-4-15-14(16)6-9-17-15/h3-5,13,17H,2,6-12H2,1H3. The Morgan fingerprint density at radius 2 is 2.16 bits per heavy atom. The van der Waals surface area contributed by atoms with E-state index in [4.69, 9.17) is 4.74 Å². The van der Waals surface area contributed by atoms with Crippen LogP contribution in [-0.2, 0) is 6.42 Å². The molecule has 1 aromatic carbocycles. The lowest BCUT2D eigenvalue weighted by Gasteiger charge is -2.30. The third-order valence-electron chi connectivity index (χ3n) is 4.45. The lowest BCUT2D eigenvalue weighted by atomic mass is 9.98. The van der Waals surface area contributed by atoms with E-state index in [0.29, 0.717) is 0 Å². The first-order valence-electron chi connectivity index (χ1n) is 7.57. The van der Waals surface area contributed by atoms with Crippen LogP contribution in [0.5, 0.6) is 5.75 Å². The van der Waals surface area contributed by atoms with Crippen LogP contribution < -0.4 is 10.1 Å². The van der Waals surface area contributed by atoms with Crippen LogP contribution in [0.25, 0.3) is 0 Å². The predicted octanol–water partition coefficient (Wildman–Crippen LogP) is 2.77. The summed E-state index contributed by atoms with van der Waals surface area (Å²) in [6, 6.07) is 6.36. The van der Waals surface area contributed by atoms with Gasteiger partial charge in [-0.3, -0.25) is 0 Å². The van der Waals surface area contributed by atoms with Crippen LogP contribution in [0.4, 0.5) is 5.69 Å². The van der Waals surface area contributed by atoms with Gasteiger partial charge in [0.25, 0.3) is 0 Å². The summed E-state index contributed by atoms with van der Waals surface area (Å²) in [5.41, 5.74) is 2.63. The maximum absolute atomic E-state index is 6.10. The Bertz CT molecular complexity index is 425. The van der Waals surface area contributed by atoms with E-state index in [1.807, 2.05) is 0 Å². The zero-order valence-electron chi connectivity index (χ0n) is 11.8. The van der Waals surface area contributed by atoms with Crippen molar-refractivity contribution in [3.63, 3.8) is 0 Å². The molecule has 0 saturated carbocycles. The molecule has 0 bridgehead atoms. The normalized spacial score (nSPS) is 20.1. The van der Waals surface area contributed by atoms with E-state index < -0.39 is 0 Å². The molecule has 0 radical (unpaired) electrons. The van der Waals surface area contributed by atoms with Gasteiger partial charge in [0.15, 0.2) is 0 Å². The summed E-state index contributed by atoms with van der Waals surface area (Å²) in [6.45, 7) is 7.83. The second-order valence-electron chi connectivity index (χ2n) is 5.65. The highest BCUT2D eigenvalue weighted by Gasteiger charge is 2.20. The maximum Gasteiger partial charge on any atom is 0.124 e. The maximum atomic E-state index is 6.10. The van der Waals surface area contributed by atoms with Crippen LogP contribution in [0.3, 0.4) is 0 Å². The third-order valence-corrected chi connectivity index (χ3v) is 4.45. The molecule has 1 N–H and O–H groups in total. The molecule has 1 fully saturated rings. The lowest BCUT2D eigenvalue weighted by Crippen LogP contribution is -2.35. The fourth-order valence-electron chi connectivity index (χ4n) is 3.12. The van der Waals surface area contributed by atoms with Gasteiger partial charge >= 0.3 is 0 Å². The summed E-state index contributed by atoms with van der Waals surface area (Å²) >= 11 is 0. The molecule has 2 heterocycles. The molecule has 104 valence electrons. The van der Waals surface area contributed by atoms with Gasteiger partial charge in [0.1, 0.15) is 5.75 Å². The molecule has 2 aliphatic rings. The van der Waals surface area contributed by atoms with Crippen molar-refractivity contribution in [2.24, 2.45) is 5.92 Å². The van der Waals surface area contributed by atoms with E-state index in [2.05, 4.69) is 35.3 Å². The number of hydrogen-bond donors (Lipinski definition) is 1. The van der Waals surface area contributed by atoms with E-state index in [-0.39, 0.29) is 0 Å². The lowest BCUT2D eigenvalue weighted by molar-refractivity contribution is 0.145. The molecule has 3 rings (SSSR count). The second-order valence-corrected chi connectivity index (χ2v) is 5.65. The van der Waals surface area contributed by atoms with Crippen LogP contribution >= 0.6 is 0 Å². The highest BCUT2D eigenvalue weighted by Crippen LogP contribution is 2.31. The summed E-state index contributed by atoms with van der Waals surface area (Å²) in [5, 5.41) is 3.41. The minimum Gasteiger partial charge on any atom is -0.493 e. The van der Waals surface area contributed by atoms with Gasteiger partial charge in [-0.25, -0.2) is 0 Å². The first-order chi connectivity index (χ1) is 9.36. The van der Waals surface area contributed by atoms with Crippen molar-refractivity contribution in [3.8, 4) is 5.75 Å². The topological polar surface area (TPSA) is 24.5 Å². The highest BCUT2D eigenvalue weighted by molar-refractivity contribution is 5.61. The van der Waals surface area contributed by atoms with E-state index >= 15 is 0 Å². The number of hydrogen-bond acceptors (Lipinski definition) is 3. The number of fused-ring (bicyclic) bond motifs is 1. The van der Waals surface area contributed by atoms with Gasteiger partial charge < -0.3 is 15.0 Å². The van der Waals surface area contributed by atoms with Gasteiger partial charge in [0, 0.05) is 17.8 Å². The number of anilines is 1. The number of ether oxygens (including phenoxy) is 1. The molecule has 1 saturated heterocycles. The minimum absolute atomic E-state index is 0.730. The quantitative estimate of drug-likeness (QED) is 0.901. The van der Waals surface area contributed by atoms with Gasteiger partial charge in [-0.05, 0) is 56.9 Å². The molecule has 3 heteroatoms. The van der Waals surface area contributed by atoms with Crippen molar-refractivity contribution in [1.29, 1.82) is 0 Å². The molecule has 0 aromatic heterocycles. The van der Waals surface area contributed by atoms with Crippen molar-refractivity contribution in [2.45, 2.75) is 26.2 Å². The van der Waals surface area contributed by atoms with Crippen LogP contribution in [0.2, 0.25) is 0 Å². The molecule has 0 atom stereocenters. The first kappa shape index (κ1) is 12.8. The Balaban J connectivity index is 1.54. The number of nitrogens with zero attached hydrogens (tertiary/aromatic N) is 1. The molecule has 0 aliphatic carbocycles. The SMILES string of the molecule is CCN1CCC(COc2cccc3c2CCN3)CC1. The minimum atomic E-state index is 0.730. The predicted molar refractivity (Wildman–Crippen MR) is 79.0 cm³/mol. The fraction of sp³-hybridized carbons (Fsp3) is 0.625. The number of rotatable bonds is 4. The Morgan fingerprint density at radius 1 is 1.32 bits per heavy atom. The van der Waals surface area contributed by atoms with Crippen LogP contribution in [0.1, 0.15) is 25.3 Å². The van der Waals surface area contributed by atoms with Crippen LogP contribution in [-0.4, -0.2) is 37.7 Å². The first-order valence-corrected chi connectivity index (χ1v) is 7.57. The van der Waals surface area contributed by atoms with Crippen molar-refractivity contribution in [1.82, 2.24) is 4.90 Å². The fourth-order valence-corrected chi connectivity index (χ4v) is 3.12. The van der Waals surface area contributed by atoms with E-state index in [9.17, 15) is 0 Å². The molecule has 19 heavy (non-hydrogen) atoms. The molecular weight excluding hydrogens is 236 g/mol. The third kappa shape index (κ3) is 2.86. The summed E-state index contributed by atoms with van der Waals surface area (Å²) in [4.78, 5) is 2.53. The van der Waals surface area contributed by atoms with Crippen LogP contribution in [0.15, 0.2) is 18.2 Å². The number of likely N-dealkylation sites (tertiary alicyclic amines) is 1. The number of nitrogens with one attached hydrogen (secondary N) is 1. The Kier molecular flexibility index (Phi) is 3.92. The van der Waals surface area contributed by atoms with Crippen molar-refractivity contribution >= 4 is 5.69 Å². The zero-order chi connectivity index (χ0) is 13.1. The molecule has 0 amide bonds. The van der Waals surface area contributed by atoms with E-state index in [1.54, 1.807) is 0 Å². The number of benzene rings is 1. The van der Waals surface area contributed by atoms with Gasteiger partial charge in [-0.15, -0.1) is 0 Å². The van der Waals surface area contributed by atoms with Gasteiger partial charge in [0.05, 0.1) is 6.61 Å². The van der Waals surface area contributed by atoms with E-state index in [0.717, 1.165) is 31.2 Å². The monoisotopic (exact) mass is 260 g/mol. The summed E-state index contributed by atoms with van der Waals surface area (Å²) in [7, 11) is 0. The number of piperidine rings is 1. The highest BCUT2D eigenvalue weighted by atomic mass is 16.5.